The molecule has 28 heavy (non-hydrogen) atoms. The predicted octanol–water partition coefficient (Wildman–Crippen LogP) is 2.31. The fourth-order valence-corrected chi connectivity index (χ4v) is 3.53. The Morgan fingerprint density at radius 1 is 1.07 bits per heavy atom. The second kappa shape index (κ2) is 8.21. The number of rotatable bonds is 6. The van der Waals surface area contributed by atoms with E-state index in [1.54, 1.807) is 31.3 Å². The molecule has 0 aromatic heterocycles. The third kappa shape index (κ3) is 3.60. The number of methoxy groups -OCH3 is 3. The van der Waals surface area contributed by atoms with Crippen molar-refractivity contribution in [2.45, 2.75) is 25.9 Å². The van der Waals surface area contributed by atoms with Crippen LogP contribution in [0.25, 0.3) is 0 Å². The summed E-state index contributed by atoms with van der Waals surface area (Å²) in [5.74, 6) is 1.17. The molecule has 0 saturated heterocycles. The zero-order chi connectivity index (χ0) is 20.3. The van der Waals surface area contributed by atoms with Gasteiger partial charge in [-0.2, -0.15) is 0 Å². The van der Waals surface area contributed by atoms with E-state index in [1.807, 2.05) is 24.3 Å². The Hall–Kier alpha value is -3.22. The number of nitrogens with one attached hydrogen (secondary N) is 1. The first-order valence-corrected chi connectivity index (χ1v) is 8.94. The normalized spacial score (nSPS) is 15.0. The van der Waals surface area contributed by atoms with Gasteiger partial charge in [-0.25, -0.2) is 0 Å². The summed E-state index contributed by atoms with van der Waals surface area (Å²) in [5, 5.41) is 2.92. The van der Waals surface area contributed by atoms with Gasteiger partial charge in [0.2, 0.25) is 17.6 Å². The Balaban J connectivity index is 1.77. The Morgan fingerprint density at radius 3 is 2.29 bits per heavy atom. The Bertz CT molecular complexity index is 871. The summed E-state index contributed by atoms with van der Waals surface area (Å²) >= 11 is 0. The number of nitrogens with zero attached hydrogens (tertiary/aromatic N) is 1. The number of carbonyl (C=O) groups is 2. The lowest BCUT2D eigenvalue weighted by Gasteiger charge is -2.23. The van der Waals surface area contributed by atoms with Crippen LogP contribution in [0.4, 0.5) is 5.69 Å². The Morgan fingerprint density at radius 2 is 1.71 bits per heavy atom. The standard InChI is InChI=1S/C21H24N2O5/c1-13(24)23-16-8-6-5-7-15(16)11-17(23)21(25)22-12-14-9-18(26-2)20(28-4)19(10-14)27-3/h5-10,17H,11-12H2,1-4H3,(H,22,25)/t17-/m1/s1. The predicted molar refractivity (Wildman–Crippen MR) is 105 cm³/mol. The van der Waals surface area contributed by atoms with Crippen LogP contribution in [0.5, 0.6) is 17.2 Å². The first-order chi connectivity index (χ1) is 13.5. The number of hydrogen-bond donors (Lipinski definition) is 1. The van der Waals surface area contributed by atoms with Crippen LogP contribution in [-0.4, -0.2) is 39.2 Å². The third-order valence-corrected chi connectivity index (χ3v) is 4.81. The van der Waals surface area contributed by atoms with E-state index in [4.69, 9.17) is 14.2 Å². The van der Waals surface area contributed by atoms with Gasteiger partial charge in [0.05, 0.1) is 21.3 Å². The molecule has 3 rings (SSSR count). The number of amides is 2. The summed E-state index contributed by atoms with van der Waals surface area (Å²) in [7, 11) is 4.62. The van der Waals surface area contributed by atoms with Crippen molar-refractivity contribution in [2.75, 3.05) is 26.2 Å². The van der Waals surface area contributed by atoms with Gasteiger partial charge in [-0.3, -0.25) is 14.5 Å². The molecule has 2 aromatic rings. The molecular formula is C21H24N2O5. The van der Waals surface area contributed by atoms with E-state index in [9.17, 15) is 9.59 Å². The highest BCUT2D eigenvalue weighted by atomic mass is 16.5. The van der Waals surface area contributed by atoms with Gasteiger partial charge in [0.25, 0.3) is 0 Å². The number of fused-ring (bicyclic) bond motifs is 1. The molecule has 0 unspecified atom stereocenters. The quantitative estimate of drug-likeness (QED) is 0.827. The second-order valence-corrected chi connectivity index (χ2v) is 6.49. The lowest BCUT2D eigenvalue weighted by molar-refractivity contribution is -0.125. The van der Waals surface area contributed by atoms with Gasteiger partial charge in [-0.1, -0.05) is 18.2 Å². The van der Waals surface area contributed by atoms with Crippen molar-refractivity contribution in [3.05, 3.63) is 47.5 Å². The van der Waals surface area contributed by atoms with E-state index in [-0.39, 0.29) is 18.4 Å². The zero-order valence-corrected chi connectivity index (χ0v) is 16.4. The van der Waals surface area contributed by atoms with Crippen LogP contribution < -0.4 is 24.4 Å². The fourth-order valence-electron chi connectivity index (χ4n) is 3.53. The summed E-state index contributed by atoms with van der Waals surface area (Å²) in [5.41, 5.74) is 2.58. The maximum absolute atomic E-state index is 12.8. The number of carbonyl (C=O) groups excluding carboxylic acids is 2. The second-order valence-electron chi connectivity index (χ2n) is 6.49. The smallest absolute Gasteiger partial charge is 0.243 e. The van der Waals surface area contributed by atoms with Crippen molar-refractivity contribution in [1.82, 2.24) is 5.32 Å². The number of anilines is 1. The number of benzene rings is 2. The molecule has 1 aliphatic rings. The van der Waals surface area contributed by atoms with Crippen LogP contribution >= 0.6 is 0 Å². The minimum absolute atomic E-state index is 0.155. The number of hydrogen-bond acceptors (Lipinski definition) is 5. The molecule has 0 aliphatic carbocycles. The third-order valence-electron chi connectivity index (χ3n) is 4.81. The van der Waals surface area contributed by atoms with E-state index < -0.39 is 6.04 Å². The molecule has 1 N–H and O–H groups in total. The van der Waals surface area contributed by atoms with Crippen molar-refractivity contribution < 1.29 is 23.8 Å². The van der Waals surface area contributed by atoms with E-state index in [0.717, 1.165) is 16.8 Å². The lowest BCUT2D eigenvalue weighted by Crippen LogP contribution is -2.47. The highest BCUT2D eigenvalue weighted by Gasteiger charge is 2.36. The van der Waals surface area contributed by atoms with Crippen LogP contribution in [0.1, 0.15) is 18.1 Å². The van der Waals surface area contributed by atoms with Gasteiger partial charge in [0.1, 0.15) is 6.04 Å². The van der Waals surface area contributed by atoms with Gasteiger partial charge >= 0.3 is 0 Å². The molecule has 148 valence electrons. The van der Waals surface area contributed by atoms with Crippen molar-refractivity contribution in [2.24, 2.45) is 0 Å². The van der Waals surface area contributed by atoms with Gasteiger partial charge < -0.3 is 19.5 Å². The van der Waals surface area contributed by atoms with Crippen molar-refractivity contribution in [3.63, 3.8) is 0 Å². The van der Waals surface area contributed by atoms with Crippen molar-refractivity contribution in [1.29, 1.82) is 0 Å². The van der Waals surface area contributed by atoms with Gasteiger partial charge in [-0.05, 0) is 29.3 Å². The Kier molecular flexibility index (Phi) is 5.73. The molecule has 1 heterocycles. The summed E-state index contributed by atoms with van der Waals surface area (Å²) in [6, 6.07) is 10.6. The van der Waals surface area contributed by atoms with Crippen molar-refractivity contribution in [3.8, 4) is 17.2 Å². The van der Waals surface area contributed by atoms with E-state index in [0.29, 0.717) is 23.7 Å². The maximum Gasteiger partial charge on any atom is 0.243 e. The largest absolute Gasteiger partial charge is 0.493 e. The molecule has 0 radical (unpaired) electrons. The summed E-state index contributed by atoms with van der Waals surface area (Å²) in [6.45, 7) is 1.75. The van der Waals surface area contributed by atoms with Crippen LogP contribution in [0.3, 0.4) is 0 Å². The van der Waals surface area contributed by atoms with Crippen molar-refractivity contribution >= 4 is 17.5 Å². The molecule has 0 fully saturated rings. The number of ether oxygens (including phenoxy) is 3. The first kappa shape index (κ1) is 19.5. The average Bonchev–Trinajstić information content (AvgIpc) is 3.11. The molecule has 1 atom stereocenters. The van der Waals surface area contributed by atoms with E-state index >= 15 is 0 Å². The fraction of sp³-hybridized carbons (Fsp3) is 0.333. The Labute approximate surface area is 164 Å². The minimum atomic E-state index is -0.558. The zero-order valence-electron chi connectivity index (χ0n) is 16.4. The number of para-hydroxylation sites is 1. The van der Waals surface area contributed by atoms with Crippen LogP contribution in [0.2, 0.25) is 0 Å². The van der Waals surface area contributed by atoms with Crippen LogP contribution in [-0.2, 0) is 22.6 Å². The molecule has 0 spiro atoms. The molecule has 2 aromatic carbocycles. The molecule has 0 saturated carbocycles. The van der Waals surface area contributed by atoms with E-state index in [2.05, 4.69) is 5.32 Å². The summed E-state index contributed by atoms with van der Waals surface area (Å²) < 4.78 is 16.0. The topological polar surface area (TPSA) is 77.1 Å². The molecular weight excluding hydrogens is 360 g/mol. The summed E-state index contributed by atoms with van der Waals surface area (Å²) in [6.07, 6.45) is 0.497. The first-order valence-electron chi connectivity index (χ1n) is 8.94. The van der Waals surface area contributed by atoms with E-state index in [1.165, 1.54) is 14.0 Å². The van der Waals surface area contributed by atoms with Gasteiger partial charge in [0, 0.05) is 25.6 Å². The maximum atomic E-state index is 12.8. The molecule has 7 heteroatoms. The highest BCUT2D eigenvalue weighted by molar-refractivity contribution is 6.02. The molecule has 0 bridgehead atoms. The minimum Gasteiger partial charge on any atom is -0.493 e. The highest BCUT2D eigenvalue weighted by Crippen LogP contribution is 2.38. The van der Waals surface area contributed by atoms with Crippen LogP contribution in [0, 0.1) is 0 Å². The average molecular weight is 384 g/mol. The van der Waals surface area contributed by atoms with Gasteiger partial charge in [0.15, 0.2) is 11.5 Å². The van der Waals surface area contributed by atoms with Gasteiger partial charge in [-0.15, -0.1) is 0 Å². The summed E-state index contributed by atoms with van der Waals surface area (Å²) in [4.78, 5) is 26.5. The van der Waals surface area contributed by atoms with Crippen LogP contribution in [0.15, 0.2) is 36.4 Å². The lowest BCUT2D eigenvalue weighted by atomic mass is 10.1. The molecule has 1 aliphatic heterocycles. The molecule has 7 nitrogen and oxygen atoms in total. The molecule has 2 amide bonds. The monoisotopic (exact) mass is 384 g/mol. The SMILES string of the molecule is COc1cc(CNC(=O)[C@H]2Cc3ccccc3N2C(C)=O)cc(OC)c1OC.